The average molecular weight is 429 g/mol. The van der Waals surface area contributed by atoms with Crippen molar-refractivity contribution in [2.45, 2.75) is 65.1 Å². The number of aromatic nitrogens is 3. The molecule has 0 spiro atoms. The van der Waals surface area contributed by atoms with Gasteiger partial charge in [-0.15, -0.1) is 0 Å². The largest absolute Gasteiger partial charge is 0.491 e. The molecule has 0 radical (unpaired) electrons. The molecular weight excluding hydrogens is 392 g/mol. The minimum atomic E-state index is 0.0423. The summed E-state index contributed by atoms with van der Waals surface area (Å²) in [6.45, 7) is 11.8. The lowest BCUT2D eigenvalue weighted by atomic mass is 9.86. The quantitative estimate of drug-likeness (QED) is 0.382. The average Bonchev–Trinajstić information content (AvgIpc) is 3.13. The summed E-state index contributed by atoms with van der Waals surface area (Å²) in [5, 5.41) is 11.4. The minimum Gasteiger partial charge on any atom is -0.491 e. The van der Waals surface area contributed by atoms with Gasteiger partial charge in [-0.05, 0) is 30.4 Å². The maximum Gasteiger partial charge on any atom is 0.191 e. The summed E-state index contributed by atoms with van der Waals surface area (Å²) in [5.74, 6) is 3.51. The van der Waals surface area contributed by atoms with Crippen LogP contribution in [0.3, 0.4) is 0 Å². The lowest BCUT2D eigenvalue weighted by Gasteiger charge is -2.25. The van der Waals surface area contributed by atoms with Crippen molar-refractivity contribution in [2.75, 3.05) is 26.8 Å². The molecule has 0 saturated heterocycles. The van der Waals surface area contributed by atoms with Gasteiger partial charge in [-0.25, -0.2) is 14.7 Å². The molecule has 1 aliphatic heterocycles. The van der Waals surface area contributed by atoms with Crippen LogP contribution in [-0.2, 0) is 29.7 Å². The number of fused-ring (bicyclic) bond motifs is 1. The van der Waals surface area contributed by atoms with Gasteiger partial charge < -0.3 is 20.1 Å². The van der Waals surface area contributed by atoms with E-state index in [1.807, 2.05) is 16.8 Å². The second-order valence-electron chi connectivity index (χ2n) is 8.79. The van der Waals surface area contributed by atoms with E-state index in [0.29, 0.717) is 19.8 Å². The SMILES string of the molecule is CCNC(=NCCOc1ccccc1C(C)(C)C)NC1CCc2nc(COC)nn2C1. The topological polar surface area (TPSA) is 85.6 Å². The molecule has 1 atom stereocenters. The highest BCUT2D eigenvalue weighted by Crippen LogP contribution is 2.30. The van der Waals surface area contributed by atoms with Gasteiger partial charge >= 0.3 is 0 Å². The predicted molar refractivity (Wildman–Crippen MR) is 123 cm³/mol. The fourth-order valence-corrected chi connectivity index (χ4v) is 3.71. The number of benzene rings is 1. The molecule has 170 valence electrons. The first-order chi connectivity index (χ1) is 14.9. The summed E-state index contributed by atoms with van der Waals surface area (Å²) in [7, 11) is 1.66. The maximum atomic E-state index is 6.06. The molecule has 31 heavy (non-hydrogen) atoms. The summed E-state index contributed by atoms with van der Waals surface area (Å²) in [4.78, 5) is 9.25. The zero-order chi connectivity index (χ0) is 22.3. The van der Waals surface area contributed by atoms with E-state index in [1.165, 1.54) is 5.56 Å². The third kappa shape index (κ3) is 6.43. The monoisotopic (exact) mass is 428 g/mol. The number of aliphatic imine (C=N–C) groups is 1. The highest BCUT2D eigenvalue weighted by Gasteiger charge is 2.22. The van der Waals surface area contributed by atoms with E-state index in [0.717, 1.165) is 49.3 Å². The zero-order valence-electron chi connectivity index (χ0n) is 19.4. The van der Waals surface area contributed by atoms with Crippen molar-refractivity contribution in [3.05, 3.63) is 41.5 Å². The third-order valence-electron chi connectivity index (χ3n) is 5.17. The molecule has 0 amide bonds. The van der Waals surface area contributed by atoms with E-state index in [9.17, 15) is 0 Å². The number of para-hydroxylation sites is 1. The summed E-state index contributed by atoms with van der Waals surface area (Å²) in [6.07, 6.45) is 1.88. The van der Waals surface area contributed by atoms with Crippen LogP contribution in [0.1, 0.15) is 51.3 Å². The zero-order valence-corrected chi connectivity index (χ0v) is 19.4. The van der Waals surface area contributed by atoms with Gasteiger partial charge in [0.1, 0.15) is 24.8 Å². The number of methoxy groups -OCH3 is 1. The first-order valence-corrected chi connectivity index (χ1v) is 11.1. The van der Waals surface area contributed by atoms with Crippen molar-refractivity contribution < 1.29 is 9.47 Å². The van der Waals surface area contributed by atoms with Crippen LogP contribution in [0.25, 0.3) is 0 Å². The number of nitrogens with zero attached hydrogens (tertiary/aromatic N) is 4. The molecule has 1 aromatic heterocycles. The molecular formula is C23H36N6O2. The van der Waals surface area contributed by atoms with Crippen LogP contribution in [0.2, 0.25) is 0 Å². The molecule has 3 rings (SSSR count). The van der Waals surface area contributed by atoms with Crippen molar-refractivity contribution in [1.82, 2.24) is 25.4 Å². The molecule has 8 heteroatoms. The standard InChI is InChI=1S/C23H36N6O2/c1-6-24-22(25-13-14-31-19-10-8-7-9-18(19)23(2,3)4)26-17-11-12-21-27-20(16-30-5)28-29(21)15-17/h7-10,17H,6,11-16H2,1-5H3,(H2,24,25,26). The molecule has 2 heterocycles. The van der Waals surface area contributed by atoms with Gasteiger partial charge in [0, 0.05) is 26.1 Å². The van der Waals surface area contributed by atoms with Crippen molar-refractivity contribution >= 4 is 5.96 Å². The Kier molecular flexibility index (Phi) is 7.90. The minimum absolute atomic E-state index is 0.0423. The Labute approximate surface area is 185 Å². The first-order valence-electron chi connectivity index (χ1n) is 11.1. The van der Waals surface area contributed by atoms with Gasteiger partial charge in [-0.1, -0.05) is 39.0 Å². The second kappa shape index (κ2) is 10.6. The molecule has 0 aliphatic carbocycles. The van der Waals surface area contributed by atoms with E-state index < -0.39 is 0 Å². The summed E-state index contributed by atoms with van der Waals surface area (Å²) in [5.41, 5.74) is 1.25. The van der Waals surface area contributed by atoms with Crippen LogP contribution in [0.5, 0.6) is 5.75 Å². The second-order valence-corrected chi connectivity index (χ2v) is 8.79. The van der Waals surface area contributed by atoms with E-state index in [-0.39, 0.29) is 11.5 Å². The Morgan fingerprint density at radius 1 is 1.29 bits per heavy atom. The maximum absolute atomic E-state index is 6.06. The van der Waals surface area contributed by atoms with Gasteiger partial charge in [0.25, 0.3) is 0 Å². The highest BCUT2D eigenvalue weighted by atomic mass is 16.5. The Bertz CT molecular complexity index is 871. The number of guanidine groups is 1. The predicted octanol–water partition coefficient (Wildman–Crippen LogP) is 2.67. The fraction of sp³-hybridized carbons (Fsp3) is 0.609. The number of ether oxygens (including phenoxy) is 2. The molecule has 0 saturated carbocycles. The van der Waals surface area contributed by atoms with Gasteiger partial charge in [0.2, 0.25) is 0 Å². The van der Waals surface area contributed by atoms with Crippen LogP contribution >= 0.6 is 0 Å². The van der Waals surface area contributed by atoms with Crippen LogP contribution in [0.4, 0.5) is 0 Å². The van der Waals surface area contributed by atoms with E-state index >= 15 is 0 Å². The summed E-state index contributed by atoms with van der Waals surface area (Å²) < 4.78 is 13.2. The Balaban J connectivity index is 1.55. The third-order valence-corrected chi connectivity index (χ3v) is 5.17. The van der Waals surface area contributed by atoms with Crippen molar-refractivity contribution in [2.24, 2.45) is 4.99 Å². The molecule has 8 nitrogen and oxygen atoms in total. The normalized spacial score (nSPS) is 16.7. The van der Waals surface area contributed by atoms with Crippen molar-refractivity contribution in [1.29, 1.82) is 0 Å². The van der Waals surface area contributed by atoms with Crippen molar-refractivity contribution in [3.63, 3.8) is 0 Å². The Morgan fingerprint density at radius 3 is 2.84 bits per heavy atom. The number of aryl methyl sites for hydroxylation is 1. The van der Waals surface area contributed by atoms with Gasteiger partial charge in [-0.2, -0.15) is 5.10 Å². The molecule has 2 N–H and O–H groups in total. The number of hydrogen-bond donors (Lipinski definition) is 2. The van der Waals surface area contributed by atoms with E-state index in [4.69, 9.17) is 14.5 Å². The van der Waals surface area contributed by atoms with E-state index in [1.54, 1.807) is 7.11 Å². The first kappa shape index (κ1) is 23.1. The Morgan fingerprint density at radius 2 is 2.10 bits per heavy atom. The van der Waals surface area contributed by atoms with Crippen LogP contribution in [-0.4, -0.2) is 53.6 Å². The molecule has 2 aromatic rings. The highest BCUT2D eigenvalue weighted by molar-refractivity contribution is 5.80. The van der Waals surface area contributed by atoms with Crippen LogP contribution in [0, 0.1) is 0 Å². The molecule has 1 unspecified atom stereocenters. The molecule has 1 aliphatic rings. The number of nitrogens with one attached hydrogen (secondary N) is 2. The lowest BCUT2D eigenvalue weighted by molar-refractivity contribution is 0.177. The summed E-state index contributed by atoms with van der Waals surface area (Å²) in [6, 6.07) is 8.48. The van der Waals surface area contributed by atoms with Gasteiger partial charge in [-0.3, -0.25) is 0 Å². The van der Waals surface area contributed by atoms with Crippen LogP contribution < -0.4 is 15.4 Å². The smallest absolute Gasteiger partial charge is 0.191 e. The number of rotatable bonds is 8. The summed E-state index contributed by atoms with van der Waals surface area (Å²) >= 11 is 0. The van der Waals surface area contributed by atoms with Crippen molar-refractivity contribution in [3.8, 4) is 5.75 Å². The van der Waals surface area contributed by atoms with E-state index in [2.05, 4.69) is 60.5 Å². The lowest BCUT2D eigenvalue weighted by Crippen LogP contribution is -2.47. The van der Waals surface area contributed by atoms with Gasteiger partial charge in [0.15, 0.2) is 11.8 Å². The fourth-order valence-electron chi connectivity index (χ4n) is 3.71. The molecule has 0 fully saturated rings. The number of hydrogen-bond acceptors (Lipinski definition) is 5. The Hall–Kier alpha value is -2.61. The van der Waals surface area contributed by atoms with Crippen LogP contribution in [0.15, 0.2) is 29.3 Å². The molecule has 0 bridgehead atoms. The van der Waals surface area contributed by atoms with Gasteiger partial charge in [0.05, 0.1) is 13.1 Å². The molecule has 1 aromatic carbocycles.